The Kier molecular flexibility index (Phi) is 4.91. The number of primary amides is 1. The van der Waals surface area contributed by atoms with Gasteiger partial charge >= 0.3 is 5.97 Å². The van der Waals surface area contributed by atoms with Crippen molar-refractivity contribution in [2.75, 3.05) is 0 Å². The Hall–Kier alpha value is -1.32. The van der Waals surface area contributed by atoms with Gasteiger partial charge in [0.2, 0.25) is 5.91 Å². The Bertz CT molecular complexity index is 602. The minimum Gasteiger partial charge on any atom is -0.481 e. The summed E-state index contributed by atoms with van der Waals surface area (Å²) in [7, 11) is 0. The number of hydrogen-bond donors (Lipinski definition) is 2. The fourth-order valence-electron chi connectivity index (χ4n) is 6.27. The van der Waals surface area contributed by atoms with Crippen LogP contribution >= 0.6 is 0 Å². The molecule has 4 nitrogen and oxygen atoms in total. The van der Waals surface area contributed by atoms with Gasteiger partial charge in [0, 0.05) is 5.92 Å². The number of carboxylic acids is 1. The summed E-state index contributed by atoms with van der Waals surface area (Å²) < 4.78 is 0. The number of carboxylic acid groups (broad SMARTS) is 1. The largest absolute Gasteiger partial charge is 0.481 e. The van der Waals surface area contributed by atoms with Gasteiger partial charge in [-0.1, -0.05) is 52.7 Å². The summed E-state index contributed by atoms with van der Waals surface area (Å²) in [6.07, 6.45) is 4.53. The number of rotatable bonds is 5. The molecule has 3 N–H and O–H groups in total. The van der Waals surface area contributed by atoms with Crippen molar-refractivity contribution in [3.63, 3.8) is 0 Å². The minimum atomic E-state index is -1.12. The predicted octanol–water partition coefficient (Wildman–Crippen LogP) is 4.24. The summed E-state index contributed by atoms with van der Waals surface area (Å²) >= 11 is 0. The van der Waals surface area contributed by atoms with E-state index in [0.717, 1.165) is 18.4 Å². The van der Waals surface area contributed by atoms with E-state index < -0.39 is 28.1 Å². The maximum atomic E-state index is 13.0. The van der Waals surface area contributed by atoms with Crippen LogP contribution in [0.4, 0.5) is 0 Å². The fraction of sp³-hybridized carbons (Fsp3) is 0.810. The van der Waals surface area contributed by atoms with Gasteiger partial charge in [0.15, 0.2) is 0 Å². The van der Waals surface area contributed by atoms with Gasteiger partial charge in [0.05, 0.1) is 10.8 Å². The van der Waals surface area contributed by atoms with E-state index in [9.17, 15) is 14.7 Å². The Labute approximate surface area is 152 Å². The second kappa shape index (κ2) is 6.14. The normalized spacial score (nSPS) is 39.8. The number of carbonyl (C=O) groups excluding carboxylic acids is 1. The lowest BCUT2D eigenvalue weighted by Crippen LogP contribution is -2.58. The molecule has 25 heavy (non-hydrogen) atoms. The quantitative estimate of drug-likeness (QED) is 0.728. The fourth-order valence-corrected chi connectivity index (χ4v) is 6.27. The predicted molar refractivity (Wildman–Crippen MR) is 99.7 cm³/mol. The van der Waals surface area contributed by atoms with Crippen LogP contribution in [-0.2, 0) is 9.59 Å². The molecule has 2 aliphatic rings. The zero-order chi connectivity index (χ0) is 19.4. The number of allylic oxidation sites excluding steroid dienone is 2. The van der Waals surface area contributed by atoms with Gasteiger partial charge in [0.1, 0.15) is 0 Å². The monoisotopic (exact) mass is 349 g/mol. The van der Waals surface area contributed by atoms with Crippen LogP contribution in [0.25, 0.3) is 0 Å². The highest BCUT2D eigenvalue weighted by atomic mass is 16.4. The molecule has 5 atom stereocenters. The van der Waals surface area contributed by atoms with E-state index in [1.165, 1.54) is 0 Å². The van der Waals surface area contributed by atoms with Crippen molar-refractivity contribution in [3.05, 3.63) is 11.6 Å². The van der Waals surface area contributed by atoms with Crippen LogP contribution in [0.2, 0.25) is 0 Å². The number of aliphatic carboxylic acids is 1. The van der Waals surface area contributed by atoms with Crippen LogP contribution in [0, 0.1) is 39.9 Å². The molecule has 2 rings (SSSR count). The molecule has 0 spiro atoms. The first-order chi connectivity index (χ1) is 11.4. The second-order valence-electron chi connectivity index (χ2n) is 9.63. The molecule has 2 aliphatic carbocycles. The second-order valence-corrected chi connectivity index (χ2v) is 9.63. The van der Waals surface area contributed by atoms with E-state index in [-0.39, 0.29) is 17.8 Å². The van der Waals surface area contributed by atoms with E-state index >= 15 is 0 Å². The average molecular weight is 350 g/mol. The van der Waals surface area contributed by atoms with E-state index in [1.807, 2.05) is 27.7 Å². The van der Waals surface area contributed by atoms with Crippen molar-refractivity contribution >= 4 is 11.9 Å². The Morgan fingerprint density at radius 2 is 1.76 bits per heavy atom. The first-order valence-corrected chi connectivity index (χ1v) is 9.55. The van der Waals surface area contributed by atoms with Gasteiger partial charge in [-0.05, 0) is 49.9 Å². The summed E-state index contributed by atoms with van der Waals surface area (Å²) in [6.45, 7) is 14.3. The van der Waals surface area contributed by atoms with Crippen molar-refractivity contribution < 1.29 is 14.7 Å². The standard InChI is InChI=1S/C21H35NO3/c1-12(2)10-16-19(6,7)21(16,18(24)25)20(17(22)23)11-14(5)8-9-15(20)13(3)4/h10,13-16H,8-9,11H2,1-7H3,(H2,22,23)(H,24,25)/t14-,15+,16-,20-,21-/m1/s1. The van der Waals surface area contributed by atoms with Crippen LogP contribution in [0.1, 0.15) is 67.7 Å². The molecule has 2 saturated carbocycles. The highest BCUT2D eigenvalue weighted by Crippen LogP contribution is 2.80. The molecule has 1 amide bonds. The molecular formula is C21H35NO3. The first-order valence-electron chi connectivity index (χ1n) is 9.55. The van der Waals surface area contributed by atoms with Crippen LogP contribution in [-0.4, -0.2) is 17.0 Å². The Morgan fingerprint density at radius 3 is 2.16 bits per heavy atom. The average Bonchev–Trinajstić information content (AvgIpc) is 2.94. The summed E-state index contributed by atoms with van der Waals surface area (Å²) in [5.74, 6) is -0.910. The van der Waals surface area contributed by atoms with E-state index in [0.29, 0.717) is 12.3 Å². The van der Waals surface area contributed by atoms with Crippen molar-refractivity contribution in [2.45, 2.75) is 67.7 Å². The molecular weight excluding hydrogens is 314 g/mol. The number of carbonyl (C=O) groups is 2. The van der Waals surface area contributed by atoms with Crippen molar-refractivity contribution in [3.8, 4) is 0 Å². The maximum Gasteiger partial charge on any atom is 0.311 e. The highest BCUT2D eigenvalue weighted by Gasteiger charge is 2.85. The first kappa shape index (κ1) is 20.0. The summed E-state index contributed by atoms with van der Waals surface area (Å²) in [6, 6.07) is 0. The molecule has 0 radical (unpaired) electrons. The zero-order valence-electron chi connectivity index (χ0n) is 16.8. The maximum absolute atomic E-state index is 13.0. The third-order valence-corrected chi connectivity index (χ3v) is 7.24. The third kappa shape index (κ3) is 2.47. The molecule has 4 heteroatoms. The summed E-state index contributed by atoms with van der Waals surface area (Å²) in [5, 5.41) is 10.4. The minimum absolute atomic E-state index is 0.00661. The van der Waals surface area contributed by atoms with Gasteiger partial charge in [-0.25, -0.2) is 0 Å². The molecule has 2 fully saturated rings. The molecule has 0 aliphatic heterocycles. The van der Waals surface area contributed by atoms with Gasteiger partial charge in [0.25, 0.3) is 0 Å². The van der Waals surface area contributed by atoms with Gasteiger partial charge in [-0.2, -0.15) is 0 Å². The van der Waals surface area contributed by atoms with Crippen LogP contribution in [0.3, 0.4) is 0 Å². The lowest BCUT2D eigenvalue weighted by atomic mass is 9.51. The molecule has 0 aromatic heterocycles. The molecule has 0 bridgehead atoms. The zero-order valence-corrected chi connectivity index (χ0v) is 16.8. The van der Waals surface area contributed by atoms with Gasteiger partial charge in [-0.15, -0.1) is 0 Å². The van der Waals surface area contributed by atoms with Crippen molar-refractivity contribution in [1.29, 1.82) is 0 Å². The third-order valence-electron chi connectivity index (χ3n) is 7.24. The van der Waals surface area contributed by atoms with Crippen LogP contribution < -0.4 is 5.73 Å². The lowest BCUT2D eigenvalue weighted by Gasteiger charge is -2.51. The Morgan fingerprint density at radius 1 is 1.20 bits per heavy atom. The SMILES string of the molecule is CC(C)=C[C@@H]1C(C)(C)[C@@]1(C(=O)O)[C@]1(C(N)=O)C[C@H](C)CC[C@H]1C(C)C. The lowest BCUT2D eigenvalue weighted by molar-refractivity contribution is -0.169. The molecule has 0 unspecified atom stereocenters. The molecule has 0 saturated heterocycles. The van der Waals surface area contributed by atoms with Crippen LogP contribution in [0.5, 0.6) is 0 Å². The van der Waals surface area contributed by atoms with Crippen molar-refractivity contribution in [2.24, 2.45) is 45.7 Å². The number of amides is 1. The van der Waals surface area contributed by atoms with E-state index in [1.54, 1.807) is 0 Å². The highest BCUT2D eigenvalue weighted by molar-refractivity contribution is 5.94. The Balaban J connectivity index is 2.77. The topological polar surface area (TPSA) is 80.4 Å². The smallest absolute Gasteiger partial charge is 0.311 e. The number of hydrogen-bond acceptors (Lipinski definition) is 2. The van der Waals surface area contributed by atoms with Gasteiger partial charge < -0.3 is 10.8 Å². The molecule has 142 valence electrons. The molecule has 0 heterocycles. The number of nitrogens with two attached hydrogens (primary N) is 1. The van der Waals surface area contributed by atoms with Gasteiger partial charge in [-0.3, -0.25) is 9.59 Å². The van der Waals surface area contributed by atoms with E-state index in [2.05, 4.69) is 26.8 Å². The van der Waals surface area contributed by atoms with Crippen molar-refractivity contribution in [1.82, 2.24) is 0 Å². The summed E-state index contributed by atoms with van der Waals surface area (Å²) in [4.78, 5) is 25.7. The molecule has 0 aromatic carbocycles. The molecule has 0 aromatic rings. The van der Waals surface area contributed by atoms with E-state index in [4.69, 9.17) is 5.73 Å². The summed E-state index contributed by atoms with van der Waals surface area (Å²) in [5.41, 5.74) is 4.53. The van der Waals surface area contributed by atoms with Crippen LogP contribution in [0.15, 0.2) is 11.6 Å².